The van der Waals surface area contributed by atoms with Crippen LogP contribution in [0.5, 0.6) is 5.75 Å². The summed E-state index contributed by atoms with van der Waals surface area (Å²) in [6.45, 7) is 14.9. The maximum absolute atomic E-state index is 14.5. The van der Waals surface area contributed by atoms with Gasteiger partial charge in [0.05, 0.1) is 35.9 Å². The lowest BCUT2D eigenvalue weighted by Crippen LogP contribution is -2.53. The third-order valence-electron chi connectivity index (χ3n) is 8.88. The van der Waals surface area contributed by atoms with Gasteiger partial charge >= 0.3 is 33.1 Å². The van der Waals surface area contributed by atoms with Gasteiger partial charge in [0.25, 0.3) is 11.5 Å². The van der Waals surface area contributed by atoms with Crippen LogP contribution in [0.1, 0.15) is 86.8 Å². The molecule has 58 heavy (non-hydrogen) atoms. The van der Waals surface area contributed by atoms with E-state index in [9.17, 15) is 28.5 Å². The molecule has 0 bridgehead atoms. The van der Waals surface area contributed by atoms with Crippen LogP contribution >= 0.6 is 8.69 Å². The van der Waals surface area contributed by atoms with Crippen LogP contribution in [-0.4, -0.2) is 87.4 Å². The van der Waals surface area contributed by atoms with Gasteiger partial charge in [0.2, 0.25) is 0 Å². The molecule has 0 N–H and O–H groups in total. The minimum absolute atomic E-state index is 0.0360. The molecular formula is C39H48N5O13P. The number of carbonyl (C=O) groups is 4. The van der Waals surface area contributed by atoms with Crippen LogP contribution in [0, 0.1) is 0 Å². The molecule has 6 rings (SSSR count). The van der Waals surface area contributed by atoms with Gasteiger partial charge in [-0.2, -0.15) is 9.42 Å². The Morgan fingerprint density at radius 2 is 1.60 bits per heavy atom. The lowest BCUT2D eigenvalue weighted by Gasteiger charge is -2.40. The molecule has 3 aliphatic heterocycles. The molecular weight excluding hydrogens is 777 g/mol. The van der Waals surface area contributed by atoms with Gasteiger partial charge in [0.1, 0.15) is 17.5 Å². The SMILES string of the molecule is CC(C)(C)OC(=O)N1C(=O)COc2ccc(N3C[C@H](CCCN(C(=O)OC(OP=O)(OC(C)(C)C)OC(C)(C)C)[C@@H]4Cn5c(=O)ccc6cccc4c65)OC3=O)nc21. The Bertz CT molecular complexity index is 2160. The average Bonchev–Trinajstić information content (AvgIpc) is 3.67. The number of rotatable bonds is 11. The fourth-order valence-corrected chi connectivity index (χ4v) is 7.05. The second kappa shape index (κ2) is 15.9. The Morgan fingerprint density at radius 1 is 0.897 bits per heavy atom. The minimum Gasteiger partial charge on any atom is -0.480 e. The van der Waals surface area contributed by atoms with Crippen molar-refractivity contribution in [3.8, 4) is 5.75 Å². The highest BCUT2D eigenvalue weighted by Crippen LogP contribution is 2.39. The van der Waals surface area contributed by atoms with E-state index in [1.165, 1.54) is 28.0 Å². The second-order valence-corrected chi connectivity index (χ2v) is 17.3. The van der Waals surface area contributed by atoms with Gasteiger partial charge < -0.3 is 23.5 Å². The summed E-state index contributed by atoms with van der Waals surface area (Å²) in [6.07, 6.45) is -5.26. The summed E-state index contributed by atoms with van der Waals surface area (Å²) in [5.41, 5.74) is -1.78. The Hall–Kier alpha value is -5.16. The van der Waals surface area contributed by atoms with Crippen molar-refractivity contribution in [2.24, 2.45) is 0 Å². The summed E-state index contributed by atoms with van der Waals surface area (Å²) in [5, 5.41) is 0.807. The number of anilines is 2. The van der Waals surface area contributed by atoms with Crippen LogP contribution < -0.4 is 20.1 Å². The van der Waals surface area contributed by atoms with Crippen molar-refractivity contribution < 1.29 is 56.7 Å². The smallest absolute Gasteiger partial charge is 0.475 e. The van der Waals surface area contributed by atoms with E-state index in [0.717, 1.165) is 10.3 Å². The Labute approximate surface area is 336 Å². The van der Waals surface area contributed by atoms with Crippen molar-refractivity contribution in [3.05, 3.63) is 58.4 Å². The normalized spacial score (nSPS) is 18.3. The number of ether oxygens (including phenoxy) is 6. The minimum atomic E-state index is -2.54. The van der Waals surface area contributed by atoms with Crippen LogP contribution in [0.3, 0.4) is 0 Å². The van der Waals surface area contributed by atoms with Gasteiger partial charge in [-0.25, -0.2) is 23.9 Å². The molecule has 1 saturated heterocycles. The van der Waals surface area contributed by atoms with E-state index in [-0.39, 0.29) is 55.4 Å². The number of pyridine rings is 2. The Balaban J connectivity index is 1.24. The average molecular weight is 826 g/mol. The molecule has 1 fully saturated rings. The number of nitrogens with zero attached hydrogens (tertiary/aromatic N) is 5. The number of aromatic nitrogens is 2. The van der Waals surface area contributed by atoms with Crippen LogP contribution in [0.15, 0.2) is 47.3 Å². The van der Waals surface area contributed by atoms with E-state index in [1.54, 1.807) is 72.9 Å². The summed E-state index contributed by atoms with van der Waals surface area (Å²) in [7, 11) is -0.886. The van der Waals surface area contributed by atoms with Gasteiger partial charge in [0, 0.05) is 18.2 Å². The number of hydrogen-bond donors (Lipinski definition) is 0. The molecule has 2 atom stereocenters. The fraction of sp³-hybridized carbons (Fsp3) is 0.538. The molecule has 1 aromatic carbocycles. The number of imide groups is 1. The zero-order chi connectivity index (χ0) is 42.4. The Kier molecular flexibility index (Phi) is 11.6. The third-order valence-corrected chi connectivity index (χ3v) is 9.18. The summed E-state index contributed by atoms with van der Waals surface area (Å²) < 4.78 is 53.4. The van der Waals surface area contributed by atoms with Gasteiger partial charge in [0.15, 0.2) is 18.2 Å². The van der Waals surface area contributed by atoms with E-state index in [2.05, 4.69) is 4.98 Å². The van der Waals surface area contributed by atoms with Crippen LogP contribution in [0.25, 0.3) is 10.9 Å². The first kappa shape index (κ1) is 42.4. The molecule has 3 aromatic rings. The number of hydrogen-bond acceptors (Lipinski definition) is 14. The highest BCUT2D eigenvalue weighted by Gasteiger charge is 2.49. The summed E-state index contributed by atoms with van der Waals surface area (Å²) >= 11 is 0. The molecule has 19 heteroatoms. The van der Waals surface area contributed by atoms with Crippen LogP contribution in [-0.2, 0) is 44.1 Å². The molecule has 5 heterocycles. The first-order valence-electron chi connectivity index (χ1n) is 18.8. The maximum Gasteiger partial charge on any atom is 0.475 e. The van der Waals surface area contributed by atoms with E-state index < -0.39 is 74.6 Å². The topological polar surface area (TPSA) is 195 Å². The fourth-order valence-electron chi connectivity index (χ4n) is 6.84. The third kappa shape index (κ3) is 9.41. The standard InChI is InChI=1S/C39H48N5O13P/c1-36(2,3)53-35(49)44-30(46)22-51-27-16-17-28(40-32(27)44)42-20-24(52-33(42)47)13-11-19-41(26-21-43-29(45)18-15-23-12-10-14-25(26)31(23)43)34(48)54-39(57-58-50,55-37(4,5)6)56-38(7,8)9/h10,12,14-18,24,26H,11,13,19-22H2,1-9H3/t24-,26+/m0/s1. The van der Waals surface area contributed by atoms with Crippen molar-refractivity contribution >= 4 is 55.4 Å². The van der Waals surface area contributed by atoms with Gasteiger partial charge in [-0.1, -0.05) is 18.2 Å². The molecule has 4 amide bonds. The summed E-state index contributed by atoms with van der Waals surface area (Å²) in [5.74, 6) is -0.545. The summed E-state index contributed by atoms with van der Waals surface area (Å²) in [4.78, 5) is 74.4. The molecule has 0 radical (unpaired) electrons. The first-order chi connectivity index (χ1) is 27.1. The van der Waals surface area contributed by atoms with Crippen LogP contribution in [0.2, 0.25) is 0 Å². The second-order valence-electron chi connectivity index (χ2n) is 17.0. The van der Waals surface area contributed by atoms with Crippen molar-refractivity contribution in [1.82, 2.24) is 14.5 Å². The lowest BCUT2D eigenvalue weighted by molar-refractivity contribution is -0.488. The number of para-hydroxylation sites is 1. The highest BCUT2D eigenvalue weighted by atomic mass is 31.1. The van der Waals surface area contributed by atoms with Crippen molar-refractivity contribution in [2.45, 2.75) is 117 Å². The van der Waals surface area contributed by atoms with Crippen molar-refractivity contribution in [2.75, 3.05) is 29.5 Å². The highest BCUT2D eigenvalue weighted by molar-refractivity contribution is 7.17. The monoisotopic (exact) mass is 825 g/mol. The van der Waals surface area contributed by atoms with Crippen LogP contribution in [0.4, 0.5) is 26.0 Å². The number of fused-ring (bicyclic) bond motifs is 1. The maximum atomic E-state index is 14.5. The largest absolute Gasteiger partial charge is 0.480 e. The number of benzene rings is 1. The lowest BCUT2D eigenvalue weighted by atomic mass is 10.0. The van der Waals surface area contributed by atoms with E-state index >= 15 is 0 Å². The summed E-state index contributed by atoms with van der Waals surface area (Å²) in [6, 6.07) is 11.0. The van der Waals surface area contributed by atoms with Gasteiger partial charge in [-0.3, -0.25) is 28.9 Å². The van der Waals surface area contributed by atoms with Gasteiger partial charge in [-0.15, -0.1) is 0 Å². The molecule has 2 aromatic heterocycles. The zero-order valence-corrected chi connectivity index (χ0v) is 34.8. The van der Waals surface area contributed by atoms with Crippen molar-refractivity contribution in [3.63, 3.8) is 0 Å². The van der Waals surface area contributed by atoms with Crippen molar-refractivity contribution in [1.29, 1.82) is 0 Å². The molecule has 3 aliphatic rings. The number of amides is 4. The van der Waals surface area contributed by atoms with E-state index in [0.29, 0.717) is 11.1 Å². The predicted molar refractivity (Wildman–Crippen MR) is 208 cm³/mol. The molecule has 18 nitrogen and oxygen atoms in total. The quantitative estimate of drug-likeness (QED) is 0.111. The predicted octanol–water partition coefficient (Wildman–Crippen LogP) is 6.82. The molecule has 312 valence electrons. The first-order valence-corrected chi connectivity index (χ1v) is 19.5. The van der Waals surface area contributed by atoms with Gasteiger partial charge in [-0.05, 0) is 98.7 Å². The number of cyclic esters (lactones) is 1. The van der Waals surface area contributed by atoms with E-state index in [4.69, 9.17) is 32.9 Å². The molecule has 0 saturated carbocycles. The number of carbonyl (C=O) groups excluding carboxylic acids is 4. The van der Waals surface area contributed by atoms with E-state index in [1.807, 2.05) is 18.2 Å². The Morgan fingerprint density at radius 3 is 2.26 bits per heavy atom. The zero-order valence-electron chi connectivity index (χ0n) is 33.9. The molecule has 0 spiro atoms. The molecule has 0 unspecified atom stereocenters. The molecule has 0 aliphatic carbocycles.